The van der Waals surface area contributed by atoms with Crippen molar-refractivity contribution in [3.63, 3.8) is 0 Å². The van der Waals surface area contributed by atoms with Crippen molar-refractivity contribution in [2.45, 2.75) is 54.3 Å². The van der Waals surface area contributed by atoms with E-state index in [0.717, 1.165) is 18.2 Å². The fourth-order valence-corrected chi connectivity index (χ4v) is 5.97. The molecule has 13 heteroatoms. The number of carbonyl (C=O) groups excluding carboxylic acids is 1. The second-order valence-electron chi connectivity index (χ2n) is 8.50. The topological polar surface area (TPSA) is 117 Å². The van der Waals surface area contributed by atoms with Crippen LogP contribution in [-0.2, 0) is 27.8 Å². The average Bonchev–Trinajstić information content (AvgIpc) is 3.27. The number of aromatic nitrogens is 2. The minimum absolute atomic E-state index is 0.213. The number of carbonyl (C=O) groups is 1. The number of ether oxygens (including phenoxy) is 1. The summed E-state index contributed by atoms with van der Waals surface area (Å²) in [5.74, 6) is 0.443. The van der Waals surface area contributed by atoms with E-state index < -0.39 is 49.6 Å². The Hall–Kier alpha value is -3.27. The van der Waals surface area contributed by atoms with E-state index in [0.29, 0.717) is 24.4 Å². The smallest absolute Gasteiger partial charge is 0.417 e. The zero-order valence-corrected chi connectivity index (χ0v) is 19.2. The molecule has 0 spiro atoms. The Labute approximate surface area is 194 Å². The lowest BCUT2D eigenvalue weighted by Crippen LogP contribution is -2.42. The summed E-state index contributed by atoms with van der Waals surface area (Å²) in [7, 11) is -2.83. The molecule has 1 aromatic carbocycles. The van der Waals surface area contributed by atoms with Gasteiger partial charge in [0.1, 0.15) is 11.4 Å². The molecule has 1 amide bonds. The Bertz CT molecular complexity index is 1260. The van der Waals surface area contributed by atoms with Crippen molar-refractivity contribution >= 4 is 21.7 Å². The molecule has 182 valence electrons. The standard InChI is InChI=1S/C21H22F3N5O4S/c1-13-9-17(28(2)27-13)29-11-14(10-18(29)33-19(30)26-20(12-25)7-8-20)34(31,32)16-6-4-3-5-15(16)21(22,23)24/h3-6,9,14,18H,7-8,10-11H2,1-2H3,(H,26,30)/t14-,18+/m1/s1. The van der Waals surface area contributed by atoms with Gasteiger partial charge in [0.25, 0.3) is 0 Å². The molecule has 2 heterocycles. The van der Waals surface area contributed by atoms with E-state index in [1.807, 2.05) is 6.07 Å². The fourth-order valence-electron chi connectivity index (χ4n) is 4.07. The Morgan fingerprint density at radius 3 is 2.56 bits per heavy atom. The third-order valence-electron chi connectivity index (χ3n) is 5.97. The third kappa shape index (κ3) is 4.42. The van der Waals surface area contributed by atoms with Crippen molar-refractivity contribution in [3.8, 4) is 6.07 Å². The summed E-state index contributed by atoms with van der Waals surface area (Å²) in [5, 5.41) is 14.6. The molecule has 2 fully saturated rings. The molecule has 1 aliphatic carbocycles. The first-order chi connectivity index (χ1) is 15.9. The average molecular weight is 497 g/mol. The zero-order valence-electron chi connectivity index (χ0n) is 18.3. The molecule has 2 aromatic rings. The number of aryl methyl sites for hydroxylation is 2. The van der Waals surface area contributed by atoms with Crippen LogP contribution in [0.4, 0.5) is 23.8 Å². The number of nitrogens with zero attached hydrogens (tertiary/aromatic N) is 4. The van der Waals surface area contributed by atoms with Crippen LogP contribution in [0, 0.1) is 18.3 Å². The van der Waals surface area contributed by atoms with Crippen molar-refractivity contribution in [2.24, 2.45) is 7.05 Å². The van der Waals surface area contributed by atoms with Crippen LogP contribution in [0.2, 0.25) is 0 Å². The normalized spacial score (nSPS) is 21.7. The quantitative estimate of drug-likeness (QED) is 0.675. The second kappa shape index (κ2) is 8.19. The van der Waals surface area contributed by atoms with E-state index >= 15 is 0 Å². The SMILES string of the molecule is Cc1cc(N2C[C@H](S(=O)(=O)c3ccccc3C(F)(F)F)C[C@@H]2OC(=O)NC2(C#N)CC2)n(C)n1. The number of amides is 1. The zero-order chi connectivity index (χ0) is 24.9. The van der Waals surface area contributed by atoms with Crippen LogP contribution in [0.5, 0.6) is 0 Å². The minimum Gasteiger partial charge on any atom is -0.425 e. The predicted octanol–water partition coefficient (Wildman–Crippen LogP) is 2.91. The Kier molecular flexibility index (Phi) is 5.75. The van der Waals surface area contributed by atoms with Gasteiger partial charge < -0.3 is 15.0 Å². The number of nitrogens with one attached hydrogen (secondary N) is 1. The first-order valence-corrected chi connectivity index (χ1v) is 12.0. The maximum atomic E-state index is 13.5. The van der Waals surface area contributed by atoms with Gasteiger partial charge in [0.05, 0.1) is 27.5 Å². The summed E-state index contributed by atoms with van der Waals surface area (Å²) < 4.78 is 74.2. The summed E-state index contributed by atoms with van der Waals surface area (Å²) in [6, 6.07) is 7.67. The number of rotatable bonds is 5. The number of alkyl carbamates (subject to hydrolysis) is 1. The maximum absolute atomic E-state index is 13.5. The Morgan fingerprint density at radius 2 is 2.00 bits per heavy atom. The Morgan fingerprint density at radius 1 is 1.32 bits per heavy atom. The van der Waals surface area contributed by atoms with Gasteiger partial charge in [-0.05, 0) is 31.9 Å². The van der Waals surface area contributed by atoms with Gasteiger partial charge >= 0.3 is 12.3 Å². The van der Waals surface area contributed by atoms with Crippen molar-refractivity contribution in [1.29, 1.82) is 5.26 Å². The van der Waals surface area contributed by atoms with Crippen molar-refractivity contribution < 1.29 is 31.1 Å². The Balaban J connectivity index is 1.66. The highest BCUT2D eigenvalue weighted by Crippen LogP contribution is 2.39. The van der Waals surface area contributed by atoms with E-state index in [1.165, 1.54) is 15.6 Å². The lowest BCUT2D eigenvalue weighted by molar-refractivity contribution is -0.139. The van der Waals surface area contributed by atoms with Crippen LogP contribution in [0.1, 0.15) is 30.5 Å². The highest BCUT2D eigenvalue weighted by Gasteiger charge is 2.48. The molecule has 0 radical (unpaired) electrons. The highest BCUT2D eigenvalue weighted by molar-refractivity contribution is 7.92. The number of benzene rings is 1. The van der Waals surface area contributed by atoms with Gasteiger partial charge in [-0.25, -0.2) is 13.2 Å². The lowest BCUT2D eigenvalue weighted by atomic mass is 10.2. The van der Waals surface area contributed by atoms with Crippen LogP contribution in [0.15, 0.2) is 35.2 Å². The van der Waals surface area contributed by atoms with Gasteiger partial charge in [0, 0.05) is 26.1 Å². The van der Waals surface area contributed by atoms with Crippen LogP contribution in [0.25, 0.3) is 0 Å². The van der Waals surface area contributed by atoms with Gasteiger partial charge in [-0.3, -0.25) is 4.68 Å². The first-order valence-electron chi connectivity index (χ1n) is 10.4. The van der Waals surface area contributed by atoms with Crippen LogP contribution >= 0.6 is 0 Å². The van der Waals surface area contributed by atoms with Gasteiger partial charge in [0.15, 0.2) is 16.1 Å². The van der Waals surface area contributed by atoms with Gasteiger partial charge in [-0.15, -0.1) is 0 Å². The predicted molar refractivity (Wildman–Crippen MR) is 113 cm³/mol. The molecular weight excluding hydrogens is 475 g/mol. The molecule has 4 rings (SSSR count). The van der Waals surface area contributed by atoms with Gasteiger partial charge in [-0.2, -0.15) is 23.5 Å². The summed E-state index contributed by atoms with van der Waals surface area (Å²) in [5.41, 5.74) is -1.62. The molecule has 34 heavy (non-hydrogen) atoms. The lowest BCUT2D eigenvalue weighted by Gasteiger charge is -2.26. The summed E-state index contributed by atoms with van der Waals surface area (Å²) in [4.78, 5) is 13.1. The molecule has 2 aliphatic rings. The number of alkyl halides is 3. The van der Waals surface area contributed by atoms with Crippen molar-refractivity contribution in [1.82, 2.24) is 15.1 Å². The summed E-state index contributed by atoms with van der Waals surface area (Å²) in [6.45, 7) is 1.51. The van der Waals surface area contributed by atoms with E-state index in [9.17, 15) is 31.6 Å². The van der Waals surface area contributed by atoms with Crippen molar-refractivity contribution in [3.05, 3.63) is 41.6 Å². The number of anilines is 1. The number of hydrogen-bond donors (Lipinski definition) is 1. The number of nitriles is 1. The molecular formula is C21H22F3N5O4S. The maximum Gasteiger partial charge on any atom is 0.417 e. The van der Waals surface area contributed by atoms with E-state index in [-0.39, 0.29) is 13.0 Å². The molecule has 1 N–H and O–H groups in total. The van der Waals surface area contributed by atoms with E-state index in [2.05, 4.69) is 10.4 Å². The molecule has 2 atom stereocenters. The second-order valence-corrected chi connectivity index (χ2v) is 10.7. The highest BCUT2D eigenvalue weighted by atomic mass is 32.2. The number of halogens is 3. The molecule has 9 nitrogen and oxygen atoms in total. The van der Waals surface area contributed by atoms with Crippen molar-refractivity contribution in [2.75, 3.05) is 11.4 Å². The fraction of sp³-hybridized carbons (Fsp3) is 0.476. The molecule has 0 unspecified atom stereocenters. The molecule has 1 aromatic heterocycles. The van der Waals surface area contributed by atoms with Crippen LogP contribution < -0.4 is 10.2 Å². The largest absolute Gasteiger partial charge is 0.425 e. The first kappa shape index (κ1) is 23.9. The summed E-state index contributed by atoms with van der Waals surface area (Å²) >= 11 is 0. The molecule has 1 saturated heterocycles. The number of sulfone groups is 1. The van der Waals surface area contributed by atoms with Gasteiger partial charge in [0.2, 0.25) is 0 Å². The van der Waals surface area contributed by atoms with Crippen LogP contribution in [0.3, 0.4) is 0 Å². The molecule has 1 saturated carbocycles. The minimum atomic E-state index is -4.85. The summed E-state index contributed by atoms with van der Waals surface area (Å²) in [6.07, 6.45) is -6.17. The molecule has 0 bridgehead atoms. The van der Waals surface area contributed by atoms with Gasteiger partial charge in [-0.1, -0.05) is 12.1 Å². The molecule has 1 aliphatic heterocycles. The van der Waals surface area contributed by atoms with Crippen LogP contribution in [-0.4, -0.2) is 47.9 Å². The van der Waals surface area contributed by atoms with E-state index in [1.54, 1.807) is 20.0 Å². The van der Waals surface area contributed by atoms with E-state index in [4.69, 9.17) is 4.74 Å². The number of hydrogen-bond acceptors (Lipinski definition) is 7. The monoisotopic (exact) mass is 497 g/mol. The third-order valence-corrected chi connectivity index (χ3v) is 8.16.